The van der Waals surface area contributed by atoms with Crippen molar-refractivity contribution in [2.75, 3.05) is 6.61 Å². The maximum atomic E-state index is 10.8. The number of nitrogens with zero attached hydrogens (tertiary/aromatic N) is 1. The lowest BCUT2D eigenvalue weighted by atomic mass is 9.93. The van der Waals surface area contributed by atoms with Gasteiger partial charge in [0.1, 0.15) is 6.17 Å². The molecular formula is C24H22BrClN2O2. The zero-order valence-corrected chi connectivity index (χ0v) is 18.8. The van der Waals surface area contributed by atoms with E-state index < -0.39 is 0 Å². The topological polar surface area (TPSA) is 53.8 Å². The van der Waals surface area contributed by atoms with Crippen molar-refractivity contribution in [3.8, 4) is 11.5 Å². The molecule has 0 bridgehead atoms. The number of para-hydroxylation sites is 1. The maximum Gasteiger partial charge on any atom is 0.162 e. The van der Waals surface area contributed by atoms with Gasteiger partial charge in [-0.1, -0.05) is 63.9 Å². The normalized spacial score (nSPS) is 18.7. The van der Waals surface area contributed by atoms with Crippen LogP contribution in [0.2, 0.25) is 5.02 Å². The Morgan fingerprint density at radius 2 is 1.83 bits per heavy atom. The number of nitrogens with one attached hydrogen (secondary N) is 1. The Morgan fingerprint density at radius 1 is 1.10 bits per heavy atom. The number of phenols is 1. The van der Waals surface area contributed by atoms with E-state index in [4.69, 9.17) is 21.3 Å². The van der Waals surface area contributed by atoms with Crippen molar-refractivity contribution < 1.29 is 9.84 Å². The van der Waals surface area contributed by atoms with E-state index in [-0.39, 0.29) is 18.0 Å². The van der Waals surface area contributed by atoms with Gasteiger partial charge in [0.2, 0.25) is 0 Å². The molecule has 3 aromatic rings. The van der Waals surface area contributed by atoms with Crippen LogP contribution in [0, 0.1) is 0 Å². The number of rotatable bonds is 5. The van der Waals surface area contributed by atoms with Gasteiger partial charge in [-0.25, -0.2) is 0 Å². The summed E-state index contributed by atoms with van der Waals surface area (Å²) in [5, 5.41) is 15.1. The lowest BCUT2D eigenvalue weighted by molar-refractivity contribution is 0.313. The lowest BCUT2D eigenvalue weighted by Gasteiger charge is -2.31. The molecule has 1 aliphatic rings. The summed E-state index contributed by atoms with van der Waals surface area (Å²) in [4.78, 5) is 4.98. The Balaban J connectivity index is 1.74. The molecule has 1 heterocycles. The van der Waals surface area contributed by atoms with Crippen molar-refractivity contribution in [3.05, 3.63) is 92.9 Å². The van der Waals surface area contributed by atoms with Crippen molar-refractivity contribution in [2.24, 2.45) is 4.99 Å². The molecule has 4 rings (SSSR count). The number of phenolic OH excluding ortho intramolecular Hbond substituents is 1. The molecule has 4 nitrogen and oxygen atoms in total. The van der Waals surface area contributed by atoms with Gasteiger partial charge in [-0.3, -0.25) is 10.3 Å². The summed E-state index contributed by atoms with van der Waals surface area (Å²) < 4.78 is 6.61. The molecule has 2 atom stereocenters. The van der Waals surface area contributed by atoms with Crippen LogP contribution in [0.1, 0.15) is 42.2 Å². The van der Waals surface area contributed by atoms with Gasteiger partial charge < -0.3 is 9.84 Å². The van der Waals surface area contributed by atoms with Crippen LogP contribution in [0.25, 0.3) is 0 Å². The highest BCUT2D eigenvalue weighted by Gasteiger charge is 2.28. The molecule has 30 heavy (non-hydrogen) atoms. The molecule has 2 N–H and O–H groups in total. The molecule has 0 spiro atoms. The molecule has 6 heteroatoms. The third kappa shape index (κ3) is 4.53. The Hall–Kier alpha value is -2.34. The Kier molecular flexibility index (Phi) is 6.42. The van der Waals surface area contributed by atoms with E-state index in [1.165, 1.54) is 0 Å². The van der Waals surface area contributed by atoms with Gasteiger partial charge in [-0.15, -0.1) is 0 Å². The van der Waals surface area contributed by atoms with Crippen LogP contribution in [0.15, 0.2) is 76.2 Å². The Morgan fingerprint density at radius 3 is 2.53 bits per heavy atom. The van der Waals surface area contributed by atoms with E-state index in [0.717, 1.165) is 26.9 Å². The number of aromatic hydroxyl groups is 1. The molecule has 0 saturated heterocycles. The molecule has 0 amide bonds. The zero-order valence-electron chi connectivity index (χ0n) is 16.5. The first-order chi connectivity index (χ1) is 14.5. The fourth-order valence-corrected chi connectivity index (χ4v) is 4.02. The summed E-state index contributed by atoms with van der Waals surface area (Å²) in [7, 11) is 0. The average molecular weight is 486 g/mol. The molecule has 0 saturated carbocycles. The van der Waals surface area contributed by atoms with Gasteiger partial charge in [0, 0.05) is 33.2 Å². The number of aliphatic imine (C=N–C) groups is 1. The minimum absolute atomic E-state index is 0.123. The number of hydrogen-bond donors (Lipinski definition) is 2. The van der Waals surface area contributed by atoms with Crippen LogP contribution in [-0.4, -0.2) is 17.4 Å². The van der Waals surface area contributed by atoms with E-state index in [1.807, 2.05) is 67.6 Å². The fourth-order valence-electron chi connectivity index (χ4n) is 3.63. The predicted molar refractivity (Wildman–Crippen MR) is 125 cm³/mol. The van der Waals surface area contributed by atoms with Crippen LogP contribution in [-0.2, 0) is 0 Å². The predicted octanol–water partition coefficient (Wildman–Crippen LogP) is 6.43. The van der Waals surface area contributed by atoms with E-state index >= 15 is 0 Å². The summed E-state index contributed by atoms with van der Waals surface area (Å²) in [6, 6.07) is 21.3. The summed E-state index contributed by atoms with van der Waals surface area (Å²) in [6.07, 6.45) is 0.398. The van der Waals surface area contributed by atoms with Crippen LogP contribution >= 0.6 is 27.5 Å². The van der Waals surface area contributed by atoms with Crippen molar-refractivity contribution in [1.29, 1.82) is 0 Å². The van der Waals surface area contributed by atoms with Crippen molar-refractivity contribution in [3.63, 3.8) is 0 Å². The molecule has 1 aliphatic heterocycles. The van der Waals surface area contributed by atoms with Gasteiger partial charge in [-0.05, 0) is 48.4 Å². The molecular weight excluding hydrogens is 464 g/mol. The second-order valence-corrected chi connectivity index (χ2v) is 8.44. The maximum absolute atomic E-state index is 10.8. The van der Waals surface area contributed by atoms with E-state index in [0.29, 0.717) is 23.8 Å². The van der Waals surface area contributed by atoms with Crippen LogP contribution in [0.5, 0.6) is 11.5 Å². The molecule has 0 aromatic heterocycles. The first-order valence-corrected chi connectivity index (χ1v) is 11.0. The highest BCUT2D eigenvalue weighted by molar-refractivity contribution is 9.10. The lowest BCUT2D eigenvalue weighted by Crippen LogP contribution is -2.33. The van der Waals surface area contributed by atoms with Crippen molar-refractivity contribution in [1.82, 2.24) is 5.32 Å². The van der Waals surface area contributed by atoms with Crippen LogP contribution in [0.4, 0.5) is 0 Å². The highest BCUT2D eigenvalue weighted by Crippen LogP contribution is 2.39. The van der Waals surface area contributed by atoms with Crippen molar-refractivity contribution >= 4 is 33.2 Å². The van der Waals surface area contributed by atoms with Gasteiger partial charge in [0.25, 0.3) is 0 Å². The summed E-state index contributed by atoms with van der Waals surface area (Å²) >= 11 is 9.57. The fraction of sp³-hybridized carbons (Fsp3) is 0.208. The molecule has 154 valence electrons. The molecule has 0 fully saturated rings. The van der Waals surface area contributed by atoms with E-state index in [2.05, 4.69) is 21.2 Å². The number of hydrogen-bond acceptors (Lipinski definition) is 4. The standard InChI is InChI=1S/C24H22BrClN2O2/c1-2-30-22-5-3-4-19(23(22)29)21-14-20(15-8-12-18(26)13-9-15)27-24(28-21)16-6-10-17(25)11-7-16/h3-13,21,24,28-29H,2,14H2,1H3/t21-,24+/m0/s1. The first kappa shape index (κ1) is 20.9. The van der Waals surface area contributed by atoms with Gasteiger partial charge in [0.15, 0.2) is 11.5 Å². The SMILES string of the molecule is CCOc1cccc([C@@H]2CC(c3ccc(Cl)cc3)=N[C@@H](c3ccc(Br)cc3)N2)c1O. The third-order valence-corrected chi connectivity index (χ3v) is 5.89. The molecule has 3 aromatic carbocycles. The molecule has 0 aliphatic carbocycles. The van der Waals surface area contributed by atoms with Crippen LogP contribution in [0.3, 0.4) is 0 Å². The van der Waals surface area contributed by atoms with E-state index in [1.54, 1.807) is 6.07 Å². The van der Waals surface area contributed by atoms with Crippen LogP contribution < -0.4 is 10.1 Å². The van der Waals surface area contributed by atoms with E-state index in [9.17, 15) is 5.11 Å². The summed E-state index contributed by atoms with van der Waals surface area (Å²) in [5.74, 6) is 0.663. The quantitative estimate of drug-likeness (QED) is 0.438. The Bertz CT molecular complexity index is 1050. The number of ether oxygens (including phenoxy) is 1. The number of benzene rings is 3. The van der Waals surface area contributed by atoms with Gasteiger partial charge >= 0.3 is 0 Å². The second kappa shape index (κ2) is 9.21. The van der Waals surface area contributed by atoms with Gasteiger partial charge in [0.05, 0.1) is 6.61 Å². The Labute approximate surface area is 189 Å². The third-order valence-electron chi connectivity index (χ3n) is 5.11. The molecule has 0 radical (unpaired) electrons. The minimum atomic E-state index is -0.238. The average Bonchev–Trinajstić information content (AvgIpc) is 2.76. The van der Waals surface area contributed by atoms with Gasteiger partial charge in [-0.2, -0.15) is 0 Å². The largest absolute Gasteiger partial charge is 0.504 e. The highest BCUT2D eigenvalue weighted by atomic mass is 79.9. The first-order valence-electron chi connectivity index (χ1n) is 9.84. The molecule has 0 unspecified atom stereocenters. The number of halogens is 2. The van der Waals surface area contributed by atoms with Crippen molar-refractivity contribution in [2.45, 2.75) is 25.6 Å². The second-order valence-electron chi connectivity index (χ2n) is 7.09. The zero-order chi connectivity index (χ0) is 21.1. The summed E-state index contributed by atoms with van der Waals surface area (Å²) in [5.41, 5.74) is 3.83. The smallest absolute Gasteiger partial charge is 0.162 e. The monoisotopic (exact) mass is 484 g/mol. The summed E-state index contributed by atoms with van der Waals surface area (Å²) in [6.45, 7) is 2.40. The minimum Gasteiger partial charge on any atom is -0.504 e.